The molecule has 1 heterocycles. The van der Waals surface area contributed by atoms with Gasteiger partial charge in [0.1, 0.15) is 5.38 Å². The Balaban J connectivity index is 2.52. The van der Waals surface area contributed by atoms with E-state index in [-0.39, 0.29) is 5.56 Å². The molecular weight excluding hydrogens is 210 g/mol. The first-order valence-corrected chi connectivity index (χ1v) is 5.66. The standard InChI is InChI=1S/C11H9NO2S/c12-10-9(11(13)14)6-7-15(10)8-4-2-1-3-5-8/h1-7H,12H2. The third-order valence-corrected chi connectivity index (χ3v) is 3.97. The number of benzene rings is 1. The largest absolute Gasteiger partial charge is 0.545 e. The van der Waals surface area contributed by atoms with E-state index in [1.54, 1.807) is 5.38 Å². The highest BCUT2D eigenvalue weighted by Crippen LogP contribution is 2.39. The quantitative estimate of drug-likeness (QED) is 0.776. The van der Waals surface area contributed by atoms with E-state index in [0.29, 0.717) is 5.00 Å². The number of carboxylic acids is 1. The van der Waals surface area contributed by atoms with E-state index >= 15 is 0 Å². The average Bonchev–Trinajstić information content (AvgIpc) is 2.61. The molecule has 0 aliphatic carbocycles. The summed E-state index contributed by atoms with van der Waals surface area (Å²) in [5, 5.41) is 12.9. The minimum absolute atomic E-state index is 0.0992. The third-order valence-electron chi connectivity index (χ3n) is 2.09. The van der Waals surface area contributed by atoms with Gasteiger partial charge in [0.25, 0.3) is 5.00 Å². The average molecular weight is 219 g/mol. The van der Waals surface area contributed by atoms with Crippen LogP contribution >= 0.6 is 10.5 Å². The van der Waals surface area contributed by atoms with Gasteiger partial charge in [-0.2, -0.15) is 0 Å². The fourth-order valence-electron chi connectivity index (χ4n) is 1.35. The van der Waals surface area contributed by atoms with Crippen LogP contribution in [0.25, 0.3) is 4.90 Å². The zero-order chi connectivity index (χ0) is 10.8. The highest BCUT2D eigenvalue weighted by atomic mass is 32.2. The number of hydrogen-bond donors (Lipinski definition) is 1. The highest BCUT2D eigenvalue weighted by Gasteiger charge is 2.19. The Hall–Kier alpha value is -1.81. The van der Waals surface area contributed by atoms with Crippen LogP contribution in [0.2, 0.25) is 0 Å². The summed E-state index contributed by atoms with van der Waals surface area (Å²) in [5.41, 5.74) is 5.86. The lowest BCUT2D eigenvalue weighted by atomic mass is 10.3. The molecule has 76 valence electrons. The molecule has 1 aromatic heterocycles. The van der Waals surface area contributed by atoms with Crippen molar-refractivity contribution in [2.75, 3.05) is 5.73 Å². The Bertz CT molecular complexity index is 491. The van der Waals surface area contributed by atoms with E-state index in [1.807, 2.05) is 30.3 Å². The van der Waals surface area contributed by atoms with Crippen molar-refractivity contribution in [1.29, 1.82) is 0 Å². The van der Waals surface area contributed by atoms with Gasteiger partial charge < -0.3 is 15.6 Å². The first-order chi connectivity index (χ1) is 7.20. The molecule has 4 heteroatoms. The molecule has 0 spiro atoms. The molecule has 0 aliphatic heterocycles. The van der Waals surface area contributed by atoms with Crippen LogP contribution in [0.1, 0.15) is 10.4 Å². The number of aromatic carboxylic acids is 1. The second-order valence-corrected chi connectivity index (χ2v) is 4.88. The van der Waals surface area contributed by atoms with Crippen LogP contribution in [0.5, 0.6) is 0 Å². The zero-order valence-electron chi connectivity index (χ0n) is 7.84. The van der Waals surface area contributed by atoms with Gasteiger partial charge >= 0.3 is 0 Å². The summed E-state index contributed by atoms with van der Waals surface area (Å²) in [6, 6.07) is 11.1. The summed E-state index contributed by atoms with van der Waals surface area (Å²) < 4.78 is 0. The van der Waals surface area contributed by atoms with Crippen molar-refractivity contribution in [3.05, 3.63) is 47.3 Å². The fraction of sp³-hybridized carbons (Fsp3) is 0. The first-order valence-electron chi connectivity index (χ1n) is 4.37. The lowest BCUT2D eigenvalue weighted by Gasteiger charge is -1.96. The van der Waals surface area contributed by atoms with Gasteiger partial charge in [-0.1, -0.05) is 18.2 Å². The van der Waals surface area contributed by atoms with Crippen molar-refractivity contribution in [3.63, 3.8) is 0 Å². The molecule has 2 aromatic rings. The van der Waals surface area contributed by atoms with Gasteiger partial charge in [0.2, 0.25) is 0 Å². The molecule has 0 saturated carbocycles. The van der Waals surface area contributed by atoms with E-state index in [1.165, 1.54) is 6.07 Å². The van der Waals surface area contributed by atoms with Crippen LogP contribution in [-0.4, -0.2) is 5.97 Å². The molecule has 0 bridgehead atoms. The van der Waals surface area contributed by atoms with Crippen LogP contribution in [0.4, 0.5) is 5.00 Å². The maximum absolute atomic E-state index is 10.7. The number of nitrogens with two attached hydrogens (primary N) is 1. The van der Waals surface area contributed by atoms with Gasteiger partial charge in [-0.3, -0.25) is 0 Å². The van der Waals surface area contributed by atoms with Gasteiger partial charge in [-0.25, -0.2) is 0 Å². The predicted molar refractivity (Wildman–Crippen MR) is 59.0 cm³/mol. The highest BCUT2D eigenvalue weighted by molar-refractivity contribution is 7.41. The molecule has 1 aromatic carbocycles. The van der Waals surface area contributed by atoms with E-state index < -0.39 is 16.4 Å². The molecule has 0 fully saturated rings. The topological polar surface area (TPSA) is 66.2 Å². The molecular formula is C11H9NO2S. The summed E-state index contributed by atoms with van der Waals surface area (Å²) in [7, 11) is -0.430. The number of nitrogen functional groups attached to an aromatic ring is 1. The molecule has 0 aliphatic rings. The van der Waals surface area contributed by atoms with Crippen LogP contribution in [-0.2, 0) is 0 Å². The lowest BCUT2D eigenvalue weighted by molar-refractivity contribution is -0.254. The maximum atomic E-state index is 10.7. The van der Waals surface area contributed by atoms with Crippen LogP contribution in [0, 0.1) is 0 Å². The first kappa shape index (κ1) is 9.73. The molecule has 2 rings (SSSR count). The predicted octanol–water partition coefficient (Wildman–Crippen LogP) is 1.37. The smallest absolute Gasteiger partial charge is 0.252 e. The molecule has 0 amide bonds. The number of hydrogen-bond acceptors (Lipinski definition) is 3. The monoisotopic (exact) mass is 219 g/mol. The van der Waals surface area contributed by atoms with E-state index in [4.69, 9.17) is 5.73 Å². The van der Waals surface area contributed by atoms with E-state index in [2.05, 4.69) is 0 Å². The van der Waals surface area contributed by atoms with Gasteiger partial charge in [-0.15, -0.1) is 0 Å². The molecule has 1 unspecified atom stereocenters. The van der Waals surface area contributed by atoms with Crippen molar-refractivity contribution in [1.82, 2.24) is 0 Å². The zero-order valence-corrected chi connectivity index (χ0v) is 8.66. The Morgan fingerprint density at radius 1 is 1.20 bits per heavy atom. The third kappa shape index (κ3) is 1.71. The molecule has 3 nitrogen and oxygen atoms in total. The summed E-state index contributed by atoms with van der Waals surface area (Å²) in [4.78, 5) is 11.7. The normalized spacial score (nSPS) is 11.3. The Labute approximate surface area is 89.8 Å². The number of carbonyl (C=O) groups excluding carboxylic acids is 1. The fourth-order valence-corrected chi connectivity index (χ4v) is 3.02. The lowest BCUT2D eigenvalue weighted by Crippen LogP contribution is -2.22. The van der Waals surface area contributed by atoms with Gasteiger partial charge in [0, 0.05) is 16.5 Å². The summed E-state index contributed by atoms with van der Waals surface area (Å²) in [6.07, 6.45) is 0. The number of carboxylic acid groups (broad SMARTS) is 1. The van der Waals surface area contributed by atoms with E-state index in [0.717, 1.165) is 4.90 Å². The number of thiophene rings is 1. The molecule has 2 N–H and O–H groups in total. The second kappa shape index (κ2) is 3.74. The van der Waals surface area contributed by atoms with Gasteiger partial charge in [-0.05, 0) is 12.1 Å². The van der Waals surface area contributed by atoms with Crippen molar-refractivity contribution < 1.29 is 9.90 Å². The number of rotatable bonds is 2. The molecule has 0 radical (unpaired) electrons. The van der Waals surface area contributed by atoms with Crippen molar-refractivity contribution >= 4 is 21.4 Å². The summed E-state index contributed by atoms with van der Waals surface area (Å²) in [5.74, 6) is -1.21. The van der Waals surface area contributed by atoms with Crippen LogP contribution in [0.15, 0.2) is 41.8 Å². The molecule has 15 heavy (non-hydrogen) atoms. The Morgan fingerprint density at radius 3 is 2.40 bits per heavy atom. The SMILES string of the molecule is Nc1c(C(=O)[O-])cc[s+]1-c1ccccc1. The minimum Gasteiger partial charge on any atom is -0.545 e. The van der Waals surface area contributed by atoms with Gasteiger partial charge in [0.05, 0.1) is 11.5 Å². The number of anilines is 1. The summed E-state index contributed by atoms with van der Waals surface area (Å²) in [6.45, 7) is 0. The molecule has 0 saturated heterocycles. The van der Waals surface area contributed by atoms with Crippen molar-refractivity contribution in [2.24, 2.45) is 0 Å². The van der Waals surface area contributed by atoms with Crippen molar-refractivity contribution in [3.8, 4) is 4.90 Å². The maximum Gasteiger partial charge on any atom is 0.252 e. The number of carbonyl (C=O) groups is 1. The van der Waals surface area contributed by atoms with E-state index in [9.17, 15) is 9.90 Å². The van der Waals surface area contributed by atoms with Crippen LogP contribution < -0.4 is 10.8 Å². The van der Waals surface area contributed by atoms with Crippen molar-refractivity contribution in [2.45, 2.75) is 0 Å². The Kier molecular flexibility index (Phi) is 2.43. The summed E-state index contributed by atoms with van der Waals surface area (Å²) >= 11 is 0. The Morgan fingerprint density at radius 2 is 1.87 bits per heavy atom. The van der Waals surface area contributed by atoms with Crippen LogP contribution in [0.3, 0.4) is 0 Å². The second-order valence-electron chi connectivity index (χ2n) is 3.02. The minimum atomic E-state index is -1.21. The molecule has 1 atom stereocenters. The van der Waals surface area contributed by atoms with Gasteiger partial charge in [0.15, 0.2) is 4.90 Å².